The molecule has 1 heterocycles. The molecule has 0 radical (unpaired) electrons. The van der Waals surface area contributed by atoms with Crippen LogP contribution in [0.4, 0.5) is 4.39 Å². The van der Waals surface area contributed by atoms with E-state index in [9.17, 15) is 4.39 Å². The molecular formula is C13H19BFNO3. The molecule has 0 amide bonds. The third-order valence-electron chi connectivity index (χ3n) is 3.70. The molecule has 1 aromatic rings. The van der Waals surface area contributed by atoms with Crippen molar-refractivity contribution in [1.29, 1.82) is 0 Å². The summed E-state index contributed by atoms with van der Waals surface area (Å²) in [6, 6.07) is 4.59. The lowest BCUT2D eigenvalue weighted by Gasteiger charge is -2.26. The SMILES string of the molecule is CC1OCCC1N(C)Cc1ccc(B(O)O)cc1F. The summed E-state index contributed by atoms with van der Waals surface area (Å²) in [4.78, 5) is 2.07. The van der Waals surface area contributed by atoms with Gasteiger partial charge in [-0.3, -0.25) is 4.90 Å². The van der Waals surface area contributed by atoms with E-state index in [0.717, 1.165) is 13.0 Å². The van der Waals surface area contributed by atoms with Crippen molar-refractivity contribution in [2.45, 2.75) is 32.0 Å². The van der Waals surface area contributed by atoms with Gasteiger partial charge in [-0.05, 0) is 31.9 Å². The molecular weight excluding hydrogens is 248 g/mol. The lowest BCUT2D eigenvalue weighted by molar-refractivity contribution is 0.0811. The van der Waals surface area contributed by atoms with Gasteiger partial charge in [-0.15, -0.1) is 0 Å². The molecule has 2 atom stereocenters. The molecule has 1 saturated heterocycles. The van der Waals surface area contributed by atoms with Crippen LogP contribution in [0.1, 0.15) is 18.9 Å². The highest BCUT2D eigenvalue weighted by Crippen LogP contribution is 2.20. The number of hydrogen-bond donors (Lipinski definition) is 2. The predicted molar refractivity (Wildman–Crippen MR) is 71.5 cm³/mol. The van der Waals surface area contributed by atoms with Crippen molar-refractivity contribution in [3.05, 3.63) is 29.6 Å². The average molecular weight is 267 g/mol. The van der Waals surface area contributed by atoms with Crippen molar-refractivity contribution in [3.63, 3.8) is 0 Å². The average Bonchev–Trinajstić information content (AvgIpc) is 2.77. The molecule has 0 saturated carbocycles. The maximum absolute atomic E-state index is 13.9. The first kappa shape index (κ1) is 14.5. The Bertz CT molecular complexity index is 444. The van der Waals surface area contributed by atoms with E-state index in [0.29, 0.717) is 18.2 Å². The fourth-order valence-electron chi connectivity index (χ4n) is 2.54. The lowest BCUT2D eigenvalue weighted by atomic mass is 9.80. The smallest absolute Gasteiger partial charge is 0.423 e. The summed E-state index contributed by atoms with van der Waals surface area (Å²) < 4.78 is 19.4. The second-order valence-electron chi connectivity index (χ2n) is 5.07. The Balaban J connectivity index is 2.06. The van der Waals surface area contributed by atoms with Crippen LogP contribution in [0, 0.1) is 5.82 Å². The van der Waals surface area contributed by atoms with Gasteiger partial charge in [-0.25, -0.2) is 4.39 Å². The van der Waals surface area contributed by atoms with E-state index in [1.807, 2.05) is 14.0 Å². The van der Waals surface area contributed by atoms with E-state index in [1.165, 1.54) is 12.1 Å². The Morgan fingerprint density at radius 2 is 2.21 bits per heavy atom. The number of ether oxygens (including phenoxy) is 1. The molecule has 1 aliphatic rings. The zero-order chi connectivity index (χ0) is 14.0. The fourth-order valence-corrected chi connectivity index (χ4v) is 2.54. The van der Waals surface area contributed by atoms with Crippen LogP contribution in [0.5, 0.6) is 0 Å². The molecule has 104 valence electrons. The van der Waals surface area contributed by atoms with Gasteiger partial charge in [0.15, 0.2) is 0 Å². The standard InChI is InChI=1S/C13H19BFNO3/c1-9-13(5-6-19-9)16(2)8-10-3-4-11(14(17)18)7-12(10)15/h3-4,7,9,13,17-18H,5-6,8H2,1-2H3. The fraction of sp³-hybridized carbons (Fsp3) is 0.538. The van der Waals surface area contributed by atoms with Gasteiger partial charge in [-0.2, -0.15) is 0 Å². The van der Waals surface area contributed by atoms with Crippen molar-refractivity contribution >= 4 is 12.6 Å². The molecule has 0 bridgehead atoms. The highest BCUT2D eigenvalue weighted by atomic mass is 19.1. The summed E-state index contributed by atoms with van der Waals surface area (Å²) in [5.74, 6) is -0.413. The minimum absolute atomic E-state index is 0.159. The zero-order valence-corrected chi connectivity index (χ0v) is 11.2. The van der Waals surface area contributed by atoms with Crippen LogP contribution in [0.15, 0.2) is 18.2 Å². The number of likely N-dealkylation sites (N-methyl/N-ethyl adjacent to an activating group) is 1. The molecule has 1 aliphatic heterocycles. The largest absolute Gasteiger partial charge is 0.488 e. The van der Waals surface area contributed by atoms with Gasteiger partial charge in [-0.1, -0.05) is 12.1 Å². The van der Waals surface area contributed by atoms with Crippen LogP contribution in [0.2, 0.25) is 0 Å². The molecule has 4 nitrogen and oxygen atoms in total. The molecule has 1 fully saturated rings. The van der Waals surface area contributed by atoms with Crippen LogP contribution in [-0.2, 0) is 11.3 Å². The Morgan fingerprint density at radius 3 is 2.74 bits per heavy atom. The predicted octanol–water partition coefficient (Wildman–Crippen LogP) is 0.115. The quantitative estimate of drug-likeness (QED) is 0.760. The van der Waals surface area contributed by atoms with E-state index in [2.05, 4.69) is 4.90 Å². The van der Waals surface area contributed by atoms with Crippen molar-refractivity contribution in [1.82, 2.24) is 4.90 Å². The van der Waals surface area contributed by atoms with Gasteiger partial charge in [0.25, 0.3) is 0 Å². The Morgan fingerprint density at radius 1 is 1.47 bits per heavy atom. The van der Waals surface area contributed by atoms with Gasteiger partial charge in [0.1, 0.15) is 5.82 Å². The van der Waals surface area contributed by atoms with Crippen molar-refractivity contribution in [2.75, 3.05) is 13.7 Å². The molecule has 19 heavy (non-hydrogen) atoms. The normalized spacial score (nSPS) is 23.1. The minimum Gasteiger partial charge on any atom is -0.423 e. The van der Waals surface area contributed by atoms with Gasteiger partial charge in [0, 0.05) is 24.8 Å². The van der Waals surface area contributed by atoms with E-state index in [4.69, 9.17) is 14.8 Å². The first-order chi connectivity index (χ1) is 8.99. The molecule has 2 rings (SSSR count). The highest BCUT2D eigenvalue weighted by molar-refractivity contribution is 6.58. The van der Waals surface area contributed by atoms with Crippen LogP contribution < -0.4 is 5.46 Å². The van der Waals surface area contributed by atoms with E-state index < -0.39 is 12.9 Å². The molecule has 2 N–H and O–H groups in total. The second kappa shape index (κ2) is 6.01. The van der Waals surface area contributed by atoms with Crippen LogP contribution >= 0.6 is 0 Å². The summed E-state index contributed by atoms with van der Waals surface area (Å²) in [5, 5.41) is 18.0. The number of hydrogen-bond acceptors (Lipinski definition) is 4. The monoisotopic (exact) mass is 267 g/mol. The third-order valence-corrected chi connectivity index (χ3v) is 3.70. The van der Waals surface area contributed by atoms with Gasteiger partial charge in [0.2, 0.25) is 0 Å². The molecule has 0 aliphatic carbocycles. The number of nitrogens with zero attached hydrogens (tertiary/aromatic N) is 1. The second-order valence-corrected chi connectivity index (χ2v) is 5.07. The molecule has 2 unspecified atom stereocenters. The number of benzene rings is 1. The van der Waals surface area contributed by atoms with E-state index in [-0.39, 0.29) is 11.6 Å². The minimum atomic E-state index is -1.63. The maximum atomic E-state index is 13.9. The first-order valence-corrected chi connectivity index (χ1v) is 6.45. The summed E-state index contributed by atoms with van der Waals surface area (Å²) in [7, 11) is 0.314. The van der Waals surface area contributed by atoms with E-state index in [1.54, 1.807) is 6.07 Å². The van der Waals surface area contributed by atoms with E-state index >= 15 is 0 Å². The van der Waals surface area contributed by atoms with Gasteiger partial charge < -0.3 is 14.8 Å². The maximum Gasteiger partial charge on any atom is 0.488 e. The molecule has 0 spiro atoms. The van der Waals surface area contributed by atoms with Crippen LogP contribution in [0.3, 0.4) is 0 Å². The van der Waals surface area contributed by atoms with Gasteiger partial charge in [0.05, 0.1) is 6.10 Å². The lowest BCUT2D eigenvalue weighted by Crippen LogP contribution is -2.36. The first-order valence-electron chi connectivity index (χ1n) is 6.45. The summed E-state index contributed by atoms with van der Waals surface area (Å²) in [6.45, 7) is 3.25. The molecule has 6 heteroatoms. The molecule has 1 aromatic carbocycles. The zero-order valence-electron chi connectivity index (χ0n) is 11.2. The Kier molecular flexibility index (Phi) is 4.57. The highest BCUT2D eigenvalue weighted by Gasteiger charge is 2.28. The number of halogens is 1. The third kappa shape index (κ3) is 3.33. The summed E-state index contributed by atoms with van der Waals surface area (Å²) >= 11 is 0. The van der Waals surface area contributed by atoms with Crippen molar-refractivity contribution in [3.8, 4) is 0 Å². The van der Waals surface area contributed by atoms with Crippen LogP contribution in [-0.4, -0.2) is 47.9 Å². The Hall–Kier alpha value is -0.945. The Labute approximate surface area is 113 Å². The molecule has 0 aromatic heterocycles. The summed E-state index contributed by atoms with van der Waals surface area (Å²) in [6.07, 6.45) is 1.11. The summed E-state index contributed by atoms with van der Waals surface area (Å²) in [5.41, 5.74) is 0.715. The van der Waals surface area contributed by atoms with Crippen molar-refractivity contribution < 1.29 is 19.2 Å². The van der Waals surface area contributed by atoms with Crippen LogP contribution in [0.25, 0.3) is 0 Å². The van der Waals surface area contributed by atoms with Crippen molar-refractivity contribution in [2.24, 2.45) is 0 Å². The topological polar surface area (TPSA) is 52.9 Å². The van der Waals surface area contributed by atoms with Gasteiger partial charge >= 0.3 is 7.12 Å². The number of rotatable bonds is 4.